The topological polar surface area (TPSA) is 85.1 Å². The van der Waals surface area contributed by atoms with Crippen molar-refractivity contribution in [2.75, 3.05) is 11.3 Å². The Morgan fingerprint density at radius 3 is 2.81 bits per heavy atom. The lowest BCUT2D eigenvalue weighted by Gasteiger charge is -2.09. The largest absolute Gasteiger partial charge is 0.320 e. The Kier molecular flexibility index (Phi) is 4.52. The molecule has 5 nitrogen and oxygen atoms in total. The SMILES string of the molecule is NCC#Cc1cc(F)ccc1NS(=O)(=O)c1cccnc1. The third-order valence-corrected chi connectivity index (χ3v) is 3.85. The number of aromatic nitrogens is 1. The Morgan fingerprint density at radius 2 is 2.14 bits per heavy atom. The molecule has 1 aromatic carbocycles. The van der Waals surface area contributed by atoms with Crippen molar-refractivity contribution in [3.8, 4) is 11.8 Å². The Balaban J connectivity index is 2.40. The van der Waals surface area contributed by atoms with E-state index in [4.69, 9.17) is 5.73 Å². The maximum Gasteiger partial charge on any atom is 0.263 e. The van der Waals surface area contributed by atoms with Crippen LogP contribution in [0.15, 0.2) is 47.6 Å². The Labute approximate surface area is 122 Å². The third-order valence-electron chi connectivity index (χ3n) is 2.50. The number of pyridine rings is 1. The molecule has 0 aliphatic carbocycles. The lowest BCUT2D eigenvalue weighted by Crippen LogP contribution is -2.14. The lowest BCUT2D eigenvalue weighted by molar-refractivity contribution is 0.600. The first-order valence-electron chi connectivity index (χ1n) is 5.94. The summed E-state index contributed by atoms with van der Waals surface area (Å²) in [6.45, 7) is 0.0886. The fraction of sp³-hybridized carbons (Fsp3) is 0.0714. The van der Waals surface area contributed by atoms with Gasteiger partial charge in [0.15, 0.2) is 0 Å². The first-order chi connectivity index (χ1) is 10.0. The quantitative estimate of drug-likeness (QED) is 0.838. The minimum Gasteiger partial charge on any atom is -0.320 e. The van der Waals surface area contributed by atoms with Crippen LogP contribution in [0.2, 0.25) is 0 Å². The molecule has 0 bridgehead atoms. The van der Waals surface area contributed by atoms with E-state index in [-0.39, 0.29) is 22.7 Å². The van der Waals surface area contributed by atoms with E-state index < -0.39 is 15.8 Å². The summed E-state index contributed by atoms with van der Waals surface area (Å²) in [7, 11) is -3.81. The Hall–Kier alpha value is -2.43. The fourth-order valence-electron chi connectivity index (χ4n) is 1.56. The lowest BCUT2D eigenvalue weighted by atomic mass is 10.2. The number of nitrogens with zero attached hydrogens (tertiary/aromatic N) is 1. The molecule has 2 rings (SSSR count). The van der Waals surface area contributed by atoms with Crippen molar-refractivity contribution in [2.45, 2.75) is 4.90 Å². The van der Waals surface area contributed by atoms with Crippen LogP contribution in [0.5, 0.6) is 0 Å². The number of halogens is 1. The molecule has 0 radical (unpaired) electrons. The second-order valence-corrected chi connectivity index (χ2v) is 5.67. The molecule has 0 saturated carbocycles. The summed E-state index contributed by atoms with van der Waals surface area (Å²) in [4.78, 5) is 3.76. The van der Waals surface area contributed by atoms with Gasteiger partial charge < -0.3 is 5.73 Å². The molecule has 0 atom stereocenters. The number of rotatable bonds is 3. The minimum atomic E-state index is -3.81. The highest BCUT2D eigenvalue weighted by atomic mass is 32.2. The van der Waals surface area contributed by atoms with Gasteiger partial charge in [0.25, 0.3) is 10.0 Å². The number of anilines is 1. The van der Waals surface area contributed by atoms with Crippen LogP contribution in [0.4, 0.5) is 10.1 Å². The van der Waals surface area contributed by atoms with Gasteiger partial charge in [-0.15, -0.1) is 0 Å². The molecule has 1 aromatic heterocycles. The number of sulfonamides is 1. The van der Waals surface area contributed by atoms with Crippen LogP contribution in [0.3, 0.4) is 0 Å². The van der Waals surface area contributed by atoms with Gasteiger partial charge in [0.05, 0.1) is 17.8 Å². The van der Waals surface area contributed by atoms with Crippen molar-refractivity contribution < 1.29 is 12.8 Å². The molecule has 108 valence electrons. The molecule has 0 aliphatic heterocycles. The van der Waals surface area contributed by atoms with Crippen LogP contribution >= 0.6 is 0 Å². The number of benzene rings is 1. The van der Waals surface area contributed by atoms with Gasteiger partial charge in [-0.3, -0.25) is 9.71 Å². The van der Waals surface area contributed by atoms with E-state index in [1.165, 1.54) is 30.6 Å². The molecule has 0 saturated heterocycles. The Bertz CT molecular complexity index is 796. The standard InChI is InChI=1S/C14H12FN3O2S/c15-12-5-6-14(11(9-12)3-1-7-16)18-21(19,20)13-4-2-8-17-10-13/h2,4-6,8-10,18H,7,16H2. The van der Waals surface area contributed by atoms with Crippen molar-refractivity contribution in [3.05, 3.63) is 54.1 Å². The predicted molar refractivity (Wildman–Crippen MR) is 77.4 cm³/mol. The van der Waals surface area contributed by atoms with Gasteiger partial charge in [-0.05, 0) is 30.3 Å². The van der Waals surface area contributed by atoms with Crippen LogP contribution < -0.4 is 10.5 Å². The summed E-state index contributed by atoms with van der Waals surface area (Å²) in [5.74, 6) is 4.68. The van der Waals surface area contributed by atoms with Crippen LogP contribution in [0, 0.1) is 17.7 Å². The van der Waals surface area contributed by atoms with E-state index in [1.54, 1.807) is 0 Å². The van der Waals surface area contributed by atoms with E-state index in [9.17, 15) is 12.8 Å². The van der Waals surface area contributed by atoms with Gasteiger partial charge >= 0.3 is 0 Å². The number of nitrogens with one attached hydrogen (secondary N) is 1. The molecule has 0 unspecified atom stereocenters. The van der Waals surface area contributed by atoms with Gasteiger partial charge in [-0.25, -0.2) is 12.8 Å². The smallest absolute Gasteiger partial charge is 0.263 e. The van der Waals surface area contributed by atoms with Gasteiger partial charge in [0.1, 0.15) is 10.7 Å². The first-order valence-corrected chi connectivity index (χ1v) is 7.42. The first kappa shape index (κ1) is 15.0. The number of hydrogen-bond acceptors (Lipinski definition) is 4. The minimum absolute atomic E-state index is 0.00654. The zero-order valence-corrected chi connectivity index (χ0v) is 11.7. The summed E-state index contributed by atoms with van der Waals surface area (Å²) in [6.07, 6.45) is 2.69. The Morgan fingerprint density at radius 1 is 1.33 bits per heavy atom. The molecule has 0 aliphatic rings. The van der Waals surface area contributed by atoms with Crippen LogP contribution in [-0.2, 0) is 10.0 Å². The molecule has 2 aromatic rings. The molecule has 0 fully saturated rings. The molecule has 21 heavy (non-hydrogen) atoms. The van der Waals surface area contributed by atoms with Crippen LogP contribution in [0.1, 0.15) is 5.56 Å². The number of hydrogen-bond donors (Lipinski definition) is 2. The summed E-state index contributed by atoms with van der Waals surface area (Å²) in [5, 5.41) is 0. The summed E-state index contributed by atoms with van der Waals surface area (Å²) < 4.78 is 40.0. The highest BCUT2D eigenvalue weighted by Crippen LogP contribution is 2.20. The van der Waals surface area contributed by atoms with Crippen LogP contribution in [0.25, 0.3) is 0 Å². The van der Waals surface area contributed by atoms with Crippen molar-refractivity contribution >= 4 is 15.7 Å². The molecule has 3 N–H and O–H groups in total. The molecule has 0 spiro atoms. The second kappa shape index (κ2) is 6.35. The molecular formula is C14H12FN3O2S. The van der Waals surface area contributed by atoms with Gasteiger partial charge in [-0.2, -0.15) is 0 Å². The zero-order chi connectivity index (χ0) is 15.3. The van der Waals surface area contributed by atoms with E-state index in [1.807, 2.05) is 0 Å². The molecule has 7 heteroatoms. The summed E-state index contributed by atoms with van der Waals surface area (Å²) >= 11 is 0. The molecule has 1 heterocycles. The van der Waals surface area contributed by atoms with Crippen molar-refractivity contribution in [1.82, 2.24) is 4.98 Å². The number of nitrogens with two attached hydrogens (primary N) is 1. The van der Waals surface area contributed by atoms with E-state index in [0.29, 0.717) is 0 Å². The summed E-state index contributed by atoms with van der Waals surface area (Å²) in [5.41, 5.74) is 5.67. The average molecular weight is 305 g/mol. The van der Waals surface area contributed by atoms with Crippen molar-refractivity contribution in [3.63, 3.8) is 0 Å². The maximum atomic E-state index is 13.2. The van der Waals surface area contributed by atoms with E-state index >= 15 is 0 Å². The molecule has 0 amide bonds. The van der Waals surface area contributed by atoms with E-state index in [2.05, 4.69) is 21.5 Å². The predicted octanol–water partition coefficient (Wildman–Crippen LogP) is 1.33. The summed E-state index contributed by atoms with van der Waals surface area (Å²) in [6, 6.07) is 6.51. The van der Waals surface area contributed by atoms with E-state index in [0.717, 1.165) is 12.1 Å². The highest BCUT2D eigenvalue weighted by Gasteiger charge is 2.15. The normalized spacial score (nSPS) is 10.6. The van der Waals surface area contributed by atoms with Gasteiger partial charge in [0, 0.05) is 12.4 Å². The fourth-order valence-corrected chi connectivity index (χ4v) is 2.61. The van der Waals surface area contributed by atoms with Gasteiger partial charge in [-0.1, -0.05) is 11.8 Å². The van der Waals surface area contributed by atoms with Crippen molar-refractivity contribution in [1.29, 1.82) is 0 Å². The van der Waals surface area contributed by atoms with Crippen molar-refractivity contribution in [2.24, 2.45) is 5.73 Å². The maximum absolute atomic E-state index is 13.2. The third kappa shape index (κ3) is 3.78. The van der Waals surface area contributed by atoms with Gasteiger partial charge in [0.2, 0.25) is 0 Å². The molecular weight excluding hydrogens is 293 g/mol. The van der Waals surface area contributed by atoms with Crippen LogP contribution in [-0.4, -0.2) is 19.9 Å². The zero-order valence-electron chi connectivity index (χ0n) is 10.9. The highest BCUT2D eigenvalue weighted by molar-refractivity contribution is 7.92. The average Bonchev–Trinajstić information content (AvgIpc) is 2.48. The second-order valence-electron chi connectivity index (χ2n) is 3.99. The monoisotopic (exact) mass is 305 g/mol.